The summed E-state index contributed by atoms with van der Waals surface area (Å²) in [6, 6.07) is 38.9. The van der Waals surface area contributed by atoms with Crippen LogP contribution in [-0.2, 0) is 5.41 Å². The molecule has 0 radical (unpaired) electrons. The number of para-hydroxylation sites is 1. The van der Waals surface area contributed by atoms with Crippen molar-refractivity contribution in [2.75, 3.05) is 4.90 Å². The van der Waals surface area contributed by atoms with Crippen LogP contribution in [0.4, 0.5) is 11.4 Å². The van der Waals surface area contributed by atoms with Gasteiger partial charge in [0.25, 0.3) is 0 Å². The maximum absolute atomic E-state index is 2.67. The molecule has 2 aliphatic rings. The van der Waals surface area contributed by atoms with Gasteiger partial charge in [-0.05, 0) is 105 Å². The van der Waals surface area contributed by atoms with Crippen molar-refractivity contribution >= 4 is 43.7 Å². The van der Waals surface area contributed by atoms with Gasteiger partial charge in [0, 0.05) is 16.8 Å². The van der Waals surface area contributed by atoms with E-state index in [2.05, 4.69) is 129 Å². The Labute approximate surface area is 225 Å². The molecule has 1 fully saturated rings. The van der Waals surface area contributed by atoms with Crippen LogP contribution in [0, 0.1) is 5.92 Å². The van der Waals surface area contributed by atoms with Crippen LogP contribution in [0.15, 0.2) is 103 Å². The Morgan fingerprint density at radius 3 is 2.21 bits per heavy atom. The summed E-state index contributed by atoms with van der Waals surface area (Å²) in [5.74, 6) is 0.727. The molecule has 0 N–H and O–H groups in total. The third-order valence-electron chi connectivity index (χ3n) is 10.3. The molecule has 3 atom stereocenters. The molecule has 1 aliphatic heterocycles. The van der Waals surface area contributed by atoms with Crippen molar-refractivity contribution in [1.29, 1.82) is 0 Å². The van der Waals surface area contributed by atoms with Crippen molar-refractivity contribution in [3.8, 4) is 11.1 Å². The highest BCUT2D eigenvalue weighted by molar-refractivity contribution is 6.25. The predicted octanol–water partition coefficient (Wildman–Crippen LogP) is 10.2. The molecule has 38 heavy (non-hydrogen) atoms. The monoisotopic (exact) mass is 491 g/mol. The number of hydrogen-bond acceptors (Lipinski definition) is 1. The molecular weight excluding hydrogens is 458 g/mol. The molecule has 6 aromatic rings. The van der Waals surface area contributed by atoms with Crippen LogP contribution in [0.1, 0.15) is 45.6 Å². The van der Waals surface area contributed by atoms with Gasteiger partial charge in [-0.15, -0.1) is 0 Å². The summed E-state index contributed by atoms with van der Waals surface area (Å²) in [5, 5.41) is 8.11. The highest BCUT2D eigenvalue weighted by Gasteiger charge is 2.58. The van der Waals surface area contributed by atoms with Crippen LogP contribution in [0.25, 0.3) is 43.4 Å². The Morgan fingerprint density at radius 2 is 1.42 bits per heavy atom. The first-order valence-corrected chi connectivity index (χ1v) is 14.1. The standard InChI is InChI=1S/C37H33N/c1-24-20-21-36(2)32-22-28(16-19-33(32)38(37(36,3)23-24)29-10-5-4-6-11-29)30-17-14-27-13-12-25-8-7-9-26-15-18-31(30)35(27)34(25)26/h4-19,22,24H,20-21,23H2,1-3H3. The highest BCUT2D eigenvalue weighted by Crippen LogP contribution is 2.62. The molecule has 1 heteroatoms. The van der Waals surface area contributed by atoms with Gasteiger partial charge in [0.1, 0.15) is 0 Å². The lowest BCUT2D eigenvalue weighted by molar-refractivity contribution is 0.154. The average Bonchev–Trinajstić information content (AvgIpc) is 3.14. The predicted molar refractivity (Wildman–Crippen MR) is 163 cm³/mol. The summed E-state index contributed by atoms with van der Waals surface area (Å²) in [4.78, 5) is 2.67. The zero-order valence-corrected chi connectivity index (χ0v) is 22.5. The first-order chi connectivity index (χ1) is 18.5. The third kappa shape index (κ3) is 2.77. The summed E-state index contributed by atoms with van der Waals surface area (Å²) in [5.41, 5.74) is 7.03. The third-order valence-corrected chi connectivity index (χ3v) is 10.3. The summed E-state index contributed by atoms with van der Waals surface area (Å²) < 4.78 is 0. The van der Waals surface area contributed by atoms with Crippen LogP contribution in [-0.4, -0.2) is 5.54 Å². The van der Waals surface area contributed by atoms with Gasteiger partial charge in [0.15, 0.2) is 0 Å². The number of hydrogen-bond donors (Lipinski definition) is 0. The lowest BCUT2D eigenvalue weighted by Crippen LogP contribution is -2.56. The molecule has 0 aromatic heterocycles. The summed E-state index contributed by atoms with van der Waals surface area (Å²) in [7, 11) is 0. The van der Waals surface area contributed by atoms with Gasteiger partial charge in [-0.1, -0.05) is 92.7 Å². The second kappa shape index (κ2) is 7.60. The molecule has 1 saturated carbocycles. The first kappa shape index (κ1) is 22.2. The van der Waals surface area contributed by atoms with E-state index in [9.17, 15) is 0 Å². The topological polar surface area (TPSA) is 3.24 Å². The smallest absolute Gasteiger partial charge is 0.0520 e. The second-order valence-electron chi connectivity index (χ2n) is 12.3. The van der Waals surface area contributed by atoms with Crippen molar-refractivity contribution in [3.63, 3.8) is 0 Å². The summed E-state index contributed by atoms with van der Waals surface area (Å²) in [6.07, 6.45) is 3.72. The van der Waals surface area contributed by atoms with E-state index < -0.39 is 0 Å². The van der Waals surface area contributed by atoms with E-state index in [1.807, 2.05) is 0 Å². The molecule has 0 amide bonds. The minimum atomic E-state index is 0.0512. The van der Waals surface area contributed by atoms with E-state index in [1.165, 1.54) is 79.6 Å². The molecule has 1 nitrogen and oxygen atoms in total. The van der Waals surface area contributed by atoms with Crippen LogP contribution < -0.4 is 4.90 Å². The SMILES string of the molecule is CC1CCC2(C)c3cc(-c4ccc5ccc6cccc7ccc4c5c67)ccc3N(c3ccccc3)C2(C)C1. The minimum absolute atomic E-state index is 0.0512. The summed E-state index contributed by atoms with van der Waals surface area (Å²) in [6.45, 7) is 7.49. The van der Waals surface area contributed by atoms with Gasteiger partial charge in [0.05, 0.1) is 5.54 Å². The van der Waals surface area contributed by atoms with Crippen LogP contribution in [0.3, 0.4) is 0 Å². The number of fused-ring (bicyclic) bond motifs is 3. The molecule has 0 saturated heterocycles. The fourth-order valence-electron chi connectivity index (χ4n) is 8.17. The zero-order valence-electron chi connectivity index (χ0n) is 22.5. The lowest BCUT2D eigenvalue weighted by atomic mass is 9.59. The van der Waals surface area contributed by atoms with E-state index in [0.29, 0.717) is 0 Å². The lowest BCUT2D eigenvalue weighted by Gasteiger charge is -2.52. The van der Waals surface area contributed by atoms with Gasteiger partial charge in [-0.2, -0.15) is 0 Å². The molecule has 1 heterocycles. The van der Waals surface area contributed by atoms with Crippen molar-refractivity contribution in [1.82, 2.24) is 0 Å². The van der Waals surface area contributed by atoms with Gasteiger partial charge in [0.2, 0.25) is 0 Å². The molecule has 0 spiro atoms. The van der Waals surface area contributed by atoms with E-state index in [-0.39, 0.29) is 11.0 Å². The minimum Gasteiger partial charge on any atom is -0.334 e. The number of anilines is 2. The van der Waals surface area contributed by atoms with Crippen LogP contribution in [0.5, 0.6) is 0 Å². The fraction of sp³-hybridized carbons (Fsp3) is 0.243. The maximum Gasteiger partial charge on any atom is 0.0520 e. The molecule has 186 valence electrons. The van der Waals surface area contributed by atoms with Gasteiger partial charge >= 0.3 is 0 Å². The second-order valence-corrected chi connectivity index (χ2v) is 12.3. The molecule has 6 aromatic carbocycles. The van der Waals surface area contributed by atoms with Crippen molar-refractivity contribution in [2.45, 2.75) is 51.0 Å². The van der Waals surface area contributed by atoms with E-state index >= 15 is 0 Å². The van der Waals surface area contributed by atoms with Crippen LogP contribution in [0.2, 0.25) is 0 Å². The van der Waals surface area contributed by atoms with Gasteiger partial charge in [-0.3, -0.25) is 0 Å². The maximum atomic E-state index is 2.67. The quantitative estimate of drug-likeness (QED) is 0.218. The summed E-state index contributed by atoms with van der Waals surface area (Å²) >= 11 is 0. The zero-order chi connectivity index (χ0) is 25.6. The van der Waals surface area contributed by atoms with E-state index in [4.69, 9.17) is 0 Å². The van der Waals surface area contributed by atoms with E-state index in [1.54, 1.807) is 0 Å². The number of rotatable bonds is 2. The molecule has 8 rings (SSSR count). The molecule has 1 aliphatic carbocycles. The van der Waals surface area contributed by atoms with Crippen molar-refractivity contribution < 1.29 is 0 Å². The number of benzene rings is 6. The van der Waals surface area contributed by atoms with Crippen LogP contribution >= 0.6 is 0 Å². The van der Waals surface area contributed by atoms with Gasteiger partial charge in [-0.25, -0.2) is 0 Å². The Bertz CT molecular complexity index is 1830. The largest absolute Gasteiger partial charge is 0.334 e. The van der Waals surface area contributed by atoms with E-state index in [0.717, 1.165) is 5.92 Å². The average molecular weight is 492 g/mol. The Kier molecular flexibility index (Phi) is 4.44. The van der Waals surface area contributed by atoms with Crippen molar-refractivity contribution in [3.05, 3.63) is 109 Å². The van der Waals surface area contributed by atoms with Gasteiger partial charge < -0.3 is 4.90 Å². The normalized spacial score (nSPS) is 24.8. The Morgan fingerprint density at radius 1 is 0.711 bits per heavy atom. The molecular formula is C37H33N. The Balaban J connectivity index is 1.37. The highest BCUT2D eigenvalue weighted by atomic mass is 15.3. The first-order valence-electron chi connectivity index (χ1n) is 14.1. The molecule has 3 unspecified atom stereocenters. The Hall–Kier alpha value is -3.84. The molecule has 0 bridgehead atoms. The number of nitrogens with zero attached hydrogens (tertiary/aromatic N) is 1. The fourth-order valence-corrected chi connectivity index (χ4v) is 8.17. The van der Waals surface area contributed by atoms with Crippen molar-refractivity contribution in [2.24, 2.45) is 5.92 Å².